The molecule has 0 unspecified atom stereocenters. The van der Waals surface area contributed by atoms with Crippen LogP contribution < -0.4 is 0 Å². The molecule has 2 rings (SSSR count). The summed E-state index contributed by atoms with van der Waals surface area (Å²) in [5.41, 5.74) is 2.41. The Kier molecular flexibility index (Phi) is 3.15. The molecule has 0 aromatic carbocycles. The van der Waals surface area contributed by atoms with Crippen LogP contribution in [0, 0.1) is 0 Å². The molecule has 3 nitrogen and oxygen atoms in total. The third-order valence-corrected chi connectivity index (χ3v) is 2.22. The molecule has 1 aliphatic rings. The van der Waals surface area contributed by atoms with Crippen molar-refractivity contribution in [2.24, 2.45) is 0 Å². The van der Waals surface area contributed by atoms with Crippen molar-refractivity contribution in [1.82, 2.24) is 10.0 Å². The molecule has 3 heteroatoms. The van der Waals surface area contributed by atoms with Crippen LogP contribution in [0.2, 0.25) is 0 Å². The van der Waals surface area contributed by atoms with E-state index in [1.807, 2.05) is 30.3 Å². The van der Waals surface area contributed by atoms with Crippen molar-refractivity contribution in [2.45, 2.75) is 6.92 Å². The Morgan fingerprint density at radius 1 is 1.40 bits per heavy atom. The summed E-state index contributed by atoms with van der Waals surface area (Å²) in [5.74, 6) is 0. The van der Waals surface area contributed by atoms with Crippen LogP contribution in [0.5, 0.6) is 0 Å². The van der Waals surface area contributed by atoms with Gasteiger partial charge in [0, 0.05) is 18.6 Å². The smallest absolute Gasteiger partial charge is 0.0720 e. The second-order valence-corrected chi connectivity index (χ2v) is 3.23. The number of hydroxylamine groups is 2. The van der Waals surface area contributed by atoms with Gasteiger partial charge >= 0.3 is 0 Å². The predicted molar refractivity (Wildman–Crippen MR) is 59.7 cm³/mol. The van der Waals surface area contributed by atoms with E-state index in [4.69, 9.17) is 4.84 Å². The molecule has 0 radical (unpaired) electrons. The van der Waals surface area contributed by atoms with Gasteiger partial charge in [0.05, 0.1) is 13.2 Å². The van der Waals surface area contributed by atoms with Gasteiger partial charge in [-0.1, -0.05) is 6.08 Å². The highest BCUT2D eigenvalue weighted by Gasteiger charge is 2.05. The normalized spacial score (nSPS) is 15.3. The summed E-state index contributed by atoms with van der Waals surface area (Å²) in [4.78, 5) is 9.35. The van der Waals surface area contributed by atoms with Crippen molar-refractivity contribution in [3.8, 4) is 0 Å². The zero-order valence-corrected chi connectivity index (χ0v) is 8.76. The molecule has 2 heterocycles. The predicted octanol–water partition coefficient (Wildman–Crippen LogP) is 2.25. The highest BCUT2D eigenvalue weighted by atomic mass is 16.7. The van der Waals surface area contributed by atoms with E-state index in [9.17, 15) is 0 Å². The molecular weight excluding hydrogens is 188 g/mol. The molecule has 0 fully saturated rings. The van der Waals surface area contributed by atoms with E-state index in [0.29, 0.717) is 6.61 Å². The van der Waals surface area contributed by atoms with Crippen molar-refractivity contribution in [3.05, 3.63) is 48.4 Å². The van der Waals surface area contributed by atoms with E-state index in [1.165, 1.54) is 11.1 Å². The van der Waals surface area contributed by atoms with E-state index in [-0.39, 0.29) is 0 Å². The summed E-state index contributed by atoms with van der Waals surface area (Å²) in [6.45, 7) is 3.47. The van der Waals surface area contributed by atoms with E-state index >= 15 is 0 Å². The summed E-state index contributed by atoms with van der Waals surface area (Å²) in [7, 11) is 0. The molecule has 0 saturated heterocycles. The van der Waals surface area contributed by atoms with Crippen molar-refractivity contribution in [3.63, 3.8) is 0 Å². The molecule has 0 spiro atoms. The molecule has 0 aliphatic carbocycles. The van der Waals surface area contributed by atoms with Gasteiger partial charge in [-0.3, -0.25) is 14.9 Å². The van der Waals surface area contributed by atoms with Crippen LogP contribution in [-0.4, -0.2) is 23.2 Å². The van der Waals surface area contributed by atoms with Crippen molar-refractivity contribution in [1.29, 1.82) is 0 Å². The molecule has 0 saturated carbocycles. The van der Waals surface area contributed by atoms with E-state index in [1.54, 1.807) is 12.4 Å². The Hall–Kier alpha value is -1.61. The third kappa shape index (κ3) is 2.44. The molecule has 15 heavy (non-hydrogen) atoms. The topological polar surface area (TPSA) is 25.4 Å². The lowest BCUT2D eigenvalue weighted by Gasteiger charge is -2.21. The zero-order chi connectivity index (χ0) is 10.5. The van der Waals surface area contributed by atoms with Crippen LogP contribution in [0.15, 0.2) is 42.9 Å². The summed E-state index contributed by atoms with van der Waals surface area (Å²) >= 11 is 0. The standard InChI is InChI=1S/C12H14N2O/c1-2-15-14-9-5-12(6-10-14)11-3-7-13-8-4-11/h3-9H,2,10H2,1H3. The van der Waals surface area contributed by atoms with Crippen LogP contribution in [0.4, 0.5) is 0 Å². The number of allylic oxidation sites excluding steroid dienone is 2. The number of nitrogens with zero attached hydrogens (tertiary/aromatic N) is 2. The minimum absolute atomic E-state index is 0.697. The van der Waals surface area contributed by atoms with Gasteiger partial charge in [0.2, 0.25) is 0 Å². The molecule has 1 aromatic rings. The minimum Gasteiger partial charge on any atom is -0.274 e. The number of aromatic nitrogens is 1. The van der Waals surface area contributed by atoms with Gasteiger partial charge in [-0.05, 0) is 36.3 Å². The maximum Gasteiger partial charge on any atom is 0.0720 e. The SMILES string of the molecule is CCON1C=CC(c2ccncc2)=CC1. The van der Waals surface area contributed by atoms with Crippen molar-refractivity contribution < 1.29 is 4.84 Å². The summed E-state index contributed by atoms with van der Waals surface area (Å²) in [6.07, 6.45) is 9.76. The van der Waals surface area contributed by atoms with E-state index < -0.39 is 0 Å². The van der Waals surface area contributed by atoms with Gasteiger partial charge in [-0.15, -0.1) is 0 Å². The monoisotopic (exact) mass is 202 g/mol. The Morgan fingerprint density at radius 3 is 2.80 bits per heavy atom. The fourth-order valence-electron chi connectivity index (χ4n) is 1.50. The van der Waals surface area contributed by atoms with Gasteiger partial charge in [-0.2, -0.15) is 0 Å². The molecule has 1 aromatic heterocycles. The Balaban J connectivity index is 2.07. The van der Waals surface area contributed by atoms with E-state index in [0.717, 1.165) is 6.54 Å². The van der Waals surface area contributed by atoms with Gasteiger partial charge in [0.1, 0.15) is 0 Å². The molecule has 0 bridgehead atoms. The molecule has 0 amide bonds. The lowest BCUT2D eigenvalue weighted by molar-refractivity contribution is -0.107. The van der Waals surface area contributed by atoms with Gasteiger partial charge in [0.15, 0.2) is 0 Å². The number of pyridine rings is 1. The fraction of sp³-hybridized carbons (Fsp3) is 0.250. The first kappa shape index (κ1) is 9.93. The number of hydrogen-bond donors (Lipinski definition) is 0. The first-order valence-electron chi connectivity index (χ1n) is 5.08. The lowest BCUT2D eigenvalue weighted by atomic mass is 10.1. The second kappa shape index (κ2) is 4.75. The third-order valence-electron chi connectivity index (χ3n) is 2.22. The Morgan fingerprint density at radius 2 is 2.20 bits per heavy atom. The lowest BCUT2D eigenvalue weighted by Crippen LogP contribution is -2.19. The van der Waals surface area contributed by atoms with Crippen molar-refractivity contribution >= 4 is 5.57 Å². The minimum atomic E-state index is 0.697. The average molecular weight is 202 g/mol. The van der Waals surface area contributed by atoms with E-state index in [2.05, 4.69) is 17.1 Å². The van der Waals surface area contributed by atoms with Gasteiger partial charge in [-0.25, -0.2) is 0 Å². The first-order chi connectivity index (χ1) is 7.40. The molecule has 0 atom stereocenters. The molecule has 1 aliphatic heterocycles. The maximum atomic E-state index is 5.36. The second-order valence-electron chi connectivity index (χ2n) is 3.23. The zero-order valence-electron chi connectivity index (χ0n) is 8.76. The van der Waals surface area contributed by atoms with Gasteiger partial charge < -0.3 is 0 Å². The molecule has 0 N–H and O–H groups in total. The average Bonchev–Trinajstić information content (AvgIpc) is 2.32. The van der Waals surface area contributed by atoms with Crippen LogP contribution in [0.1, 0.15) is 12.5 Å². The van der Waals surface area contributed by atoms with Crippen molar-refractivity contribution in [2.75, 3.05) is 13.2 Å². The summed E-state index contributed by atoms with van der Waals surface area (Å²) in [5, 5.41) is 1.82. The highest BCUT2D eigenvalue weighted by molar-refractivity contribution is 5.74. The molecule has 78 valence electrons. The van der Waals surface area contributed by atoms with Crippen LogP contribution in [-0.2, 0) is 4.84 Å². The Labute approximate surface area is 89.6 Å². The largest absolute Gasteiger partial charge is 0.274 e. The summed E-state index contributed by atoms with van der Waals surface area (Å²) in [6, 6.07) is 4.01. The van der Waals surface area contributed by atoms with Gasteiger partial charge in [0.25, 0.3) is 0 Å². The van der Waals surface area contributed by atoms with Crippen LogP contribution >= 0.6 is 0 Å². The highest BCUT2D eigenvalue weighted by Crippen LogP contribution is 2.18. The maximum absolute atomic E-state index is 5.36. The number of hydrogen-bond acceptors (Lipinski definition) is 3. The van der Waals surface area contributed by atoms with Crippen LogP contribution in [0.3, 0.4) is 0 Å². The molecular formula is C12H14N2O. The fourth-order valence-corrected chi connectivity index (χ4v) is 1.50. The van der Waals surface area contributed by atoms with Crippen LogP contribution in [0.25, 0.3) is 5.57 Å². The first-order valence-corrected chi connectivity index (χ1v) is 5.08. The number of rotatable bonds is 3. The summed E-state index contributed by atoms with van der Waals surface area (Å²) < 4.78 is 0. The Bertz CT molecular complexity index is 370. The quantitative estimate of drug-likeness (QED) is 0.751.